The molecule has 0 atom stereocenters. The minimum Gasteiger partial charge on any atom is -0.392 e. The molecule has 0 fully saturated rings. The number of aliphatic hydroxyl groups excluding tert-OH is 1. The molecule has 1 aromatic heterocycles. The fourth-order valence-corrected chi connectivity index (χ4v) is 1.49. The van der Waals surface area contributed by atoms with Crippen LogP contribution in [0.5, 0.6) is 5.88 Å². The van der Waals surface area contributed by atoms with E-state index in [1.54, 1.807) is 0 Å². The van der Waals surface area contributed by atoms with Crippen molar-refractivity contribution in [1.29, 1.82) is 0 Å². The van der Waals surface area contributed by atoms with E-state index in [1.165, 1.54) is 6.92 Å². The van der Waals surface area contributed by atoms with Crippen molar-refractivity contribution in [3.63, 3.8) is 0 Å². The van der Waals surface area contributed by atoms with Crippen LogP contribution in [0.3, 0.4) is 0 Å². The van der Waals surface area contributed by atoms with Gasteiger partial charge in [-0.1, -0.05) is 0 Å². The summed E-state index contributed by atoms with van der Waals surface area (Å²) in [7, 11) is 0. The summed E-state index contributed by atoms with van der Waals surface area (Å²) in [5, 5.41) is 8.86. The molecule has 84 valence electrons. The van der Waals surface area contributed by atoms with Gasteiger partial charge in [-0.15, -0.1) is 13.2 Å². The van der Waals surface area contributed by atoms with Crippen molar-refractivity contribution in [2.45, 2.75) is 19.9 Å². The number of hydrogen-bond donors (Lipinski definition) is 1. The highest BCUT2D eigenvalue weighted by molar-refractivity contribution is 14.1. The normalized spacial score (nSPS) is 11.6. The predicted octanol–water partition coefficient (Wildman–Crippen LogP) is 2.39. The Kier molecular flexibility index (Phi) is 3.77. The Morgan fingerprint density at radius 3 is 2.60 bits per heavy atom. The zero-order chi connectivity index (χ0) is 11.6. The lowest BCUT2D eigenvalue weighted by molar-refractivity contribution is -0.276. The minimum absolute atomic E-state index is 0.263. The highest BCUT2D eigenvalue weighted by atomic mass is 127. The van der Waals surface area contributed by atoms with Crippen molar-refractivity contribution in [2.75, 3.05) is 0 Å². The summed E-state index contributed by atoms with van der Waals surface area (Å²) in [4.78, 5) is 3.49. The molecule has 0 aliphatic heterocycles. The molecule has 1 rings (SSSR count). The van der Waals surface area contributed by atoms with Crippen molar-refractivity contribution in [2.24, 2.45) is 0 Å². The minimum atomic E-state index is -4.75. The smallest absolute Gasteiger partial charge is 0.392 e. The molecule has 0 amide bonds. The number of hydrogen-bond acceptors (Lipinski definition) is 3. The second-order valence-corrected chi connectivity index (χ2v) is 3.81. The standard InChI is InChI=1S/C8H7F3INO2/c1-4-6(12)5(3-14)2-13-7(4)15-8(9,10)11/h2,14H,3H2,1H3. The van der Waals surface area contributed by atoms with Gasteiger partial charge in [0.2, 0.25) is 5.88 Å². The highest BCUT2D eigenvalue weighted by Crippen LogP contribution is 2.28. The molecule has 0 aromatic carbocycles. The number of nitrogens with zero attached hydrogens (tertiary/aromatic N) is 1. The number of aliphatic hydroxyl groups is 1. The van der Waals surface area contributed by atoms with Gasteiger partial charge in [0, 0.05) is 20.9 Å². The number of aromatic nitrogens is 1. The maximum atomic E-state index is 11.9. The van der Waals surface area contributed by atoms with Crippen LogP contribution >= 0.6 is 22.6 Å². The Labute approximate surface area is 97.4 Å². The van der Waals surface area contributed by atoms with Crippen LogP contribution in [0.1, 0.15) is 11.1 Å². The Hall–Kier alpha value is -0.570. The third-order valence-electron chi connectivity index (χ3n) is 1.65. The molecular weight excluding hydrogens is 326 g/mol. The largest absolute Gasteiger partial charge is 0.574 e. The lowest BCUT2D eigenvalue weighted by atomic mass is 10.2. The average Bonchev–Trinajstić information content (AvgIpc) is 2.11. The molecule has 0 aliphatic rings. The van der Waals surface area contributed by atoms with Gasteiger partial charge < -0.3 is 9.84 Å². The van der Waals surface area contributed by atoms with Crippen molar-refractivity contribution in [1.82, 2.24) is 4.98 Å². The third kappa shape index (κ3) is 3.20. The van der Waals surface area contributed by atoms with Crippen LogP contribution in [0.25, 0.3) is 0 Å². The summed E-state index contributed by atoms with van der Waals surface area (Å²) < 4.78 is 40.0. The molecule has 1 heterocycles. The van der Waals surface area contributed by atoms with Gasteiger partial charge in [0.1, 0.15) is 0 Å². The number of halogens is 4. The Morgan fingerprint density at radius 2 is 2.13 bits per heavy atom. The van der Waals surface area contributed by atoms with Crippen LogP contribution in [0.2, 0.25) is 0 Å². The Bertz CT molecular complexity index is 368. The summed E-state index contributed by atoms with van der Waals surface area (Å²) in [5.41, 5.74) is 0.738. The second-order valence-electron chi connectivity index (χ2n) is 2.73. The van der Waals surface area contributed by atoms with E-state index in [9.17, 15) is 13.2 Å². The first-order chi connectivity index (χ1) is 6.85. The van der Waals surface area contributed by atoms with E-state index in [-0.39, 0.29) is 12.2 Å². The van der Waals surface area contributed by atoms with Gasteiger partial charge in [-0.2, -0.15) is 0 Å². The summed E-state index contributed by atoms with van der Waals surface area (Å²) >= 11 is 1.83. The molecule has 7 heteroatoms. The van der Waals surface area contributed by atoms with E-state index in [1.807, 2.05) is 22.6 Å². The van der Waals surface area contributed by atoms with E-state index < -0.39 is 12.2 Å². The van der Waals surface area contributed by atoms with Crippen LogP contribution in [0, 0.1) is 10.5 Å². The first kappa shape index (κ1) is 12.5. The lowest BCUT2D eigenvalue weighted by Crippen LogP contribution is -2.19. The van der Waals surface area contributed by atoms with E-state index in [4.69, 9.17) is 5.11 Å². The van der Waals surface area contributed by atoms with E-state index in [2.05, 4.69) is 9.72 Å². The van der Waals surface area contributed by atoms with Crippen molar-refractivity contribution in [3.8, 4) is 5.88 Å². The molecule has 0 aliphatic carbocycles. The van der Waals surface area contributed by atoms with Crippen LogP contribution < -0.4 is 4.74 Å². The van der Waals surface area contributed by atoms with Gasteiger partial charge >= 0.3 is 6.36 Å². The first-order valence-electron chi connectivity index (χ1n) is 3.85. The zero-order valence-corrected chi connectivity index (χ0v) is 9.76. The first-order valence-corrected chi connectivity index (χ1v) is 4.93. The Morgan fingerprint density at radius 1 is 1.53 bits per heavy atom. The summed E-state index contributed by atoms with van der Waals surface area (Å²) in [6.45, 7) is 1.19. The zero-order valence-electron chi connectivity index (χ0n) is 7.60. The van der Waals surface area contributed by atoms with Crippen molar-refractivity contribution >= 4 is 22.6 Å². The van der Waals surface area contributed by atoms with Gasteiger partial charge in [-0.25, -0.2) is 4.98 Å². The van der Waals surface area contributed by atoms with E-state index in [0.29, 0.717) is 9.13 Å². The molecule has 15 heavy (non-hydrogen) atoms. The van der Waals surface area contributed by atoms with E-state index >= 15 is 0 Å². The predicted molar refractivity (Wildman–Crippen MR) is 54.3 cm³/mol. The summed E-state index contributed by atoms with van der Waals surface area (Å²) in [6.07, 6.45) is -3.59. The van der Waals surface area contributed by atoms with Crippen LogP contribution in [-0.4, -0.2) is 16.5 Å². The van der Waals surface area contributed by atoms with Crippen molar-refractivity contribution in [3.05, 3.63) is 20.9 Å². The van der Waals surface area contributed by atoms with Gasteiger partial charge in [-0.3, -0.25) is 0 Å². The number of alkyl halides is 3. The number of ether oxygens (including phenoxy) is 1. The van der Waals surface area contributed by atoms with Crippen LogP contribution in [-0.2, 0) is 6.61 Å². The SMILES string of the molecule is Cc1c(OC(F)(F)F)ncc(CO)c1I. The number of pyridine rings is 1. The summed E-state index contributed by atoms with van der Waals surface area (Å²) in [6, 6.07) is 0. The molecule has 0 unspecified atom stereocenters. The van der Waals surface area contributed by atoms with Gasteiger partial charge in [0.05, 0.1) is 6.61 Å². The molecule has 0 radical (unpaired) electrons. The van der Waals surface area contributed by atoms with Crippen LogP contribution in [0.4, 0.5) is 13.2 Å². The molecule has 0 bridgehead atoms. The molecule has 0 spiro atoms. The summed E-state index contributed by atoms with van der Waals surface area (Å²) in [5.74, 6) is -0.482. The van der Waals surface area contributed by atoms with E-state index in [0.717, 1.165) is 6.20 Å². The lowest BCUT2D eigenvalue weighted by Gasteiger charge is -2.12. The third-order valence-corrected chi connectivity index (χ3v) is 3.15. The second kappa shape index (κ2) is 4.52. The maximum Gasteiger partial charge on any atom is 0.574 e. The molecule has 1 aromatic rings. The molecule has 1 N–H and O–H groups in total. The Balaban J connectivity index is 3.07. The maximum absolute atomic E-state index is 11.9. The quantitative estimate of drug-likeness (QED) is 0.845. The molecule has 0 saturated heterocycles. The van der Waals surface area contributed by atoms with Gasteiger partial charge in [0.25, 0.3) is 0 Å². The molecular formula is C8H7F3INO2. The van der Waals surface area contributed by atoms with Crippen molar-refractivity contribution < 1.29 is 23.0 Å². The van der Waals surface area contributed by atoms with Crippen LogP contribution in [0.15, 0.2) is 6.20 Å². The topological polar surface area (TPSA) is 42.4 Å². The average molecular weight is 333 g/mol. The fraction of sp³-hybridized carbons (Fsp3) is 0.375. The molecule has 3 nitrogen and oxygen atoms in total. The van der Waals surface area contributed by atoms with Gasteiger partial charge in [0.15, 0.2) is 0 Å². The monoisotopic (exact) mass is 333 g/mol. The highest BCUT2D eigenvalue weighted by Gasteiger charge is 2.32. The number of rotatable bonds is 2. The fourth-order valence-electron chi connectivity index (χ4n) is 0.948. The van der Waals surface area contributed by atoms with Gasteiger partial charge in [-0.05, 0) is 29.5 Å². The molecule has 0 saturated carbocycles.